The molecule has 0 radical (unpaired) electrons. The Bertz CT molecular complexity index is 983. The first-order valence-corrected chi connectivity index (χ1v) is 10.6. The molecule has 0 spiro atoms. The van der Waals surface area contributed by atoms with Gasteiger partial charge >= 0.3 is 0 Å². The van der Waals surface area contributed by atoms with Crippen LogP contribution in [0.25, 0.3) is 11.3 Å². The third-order valence-corrected chi connectivity index (χ3v) is 6.68. The van der Waals surface area contributed by atoms with Gasteiger partial charge in [-0.3, -0.25) is 0 Å². The number of hydrogen-bond acceptors (Lipinski definition) is 5. The first kappa shape index (κ1) is 18.1. The first-order chi connectivity index (χ1) is 11.9. The number of hydrogen-bond donors (Lipinski definition) is 1. The Balaban J connectivity index is 2.07. The van der Waals surface area contributed by atoms with Crippen molar-refractivity contribution in [2.24, 2.45) is 5.73 Å². The van der Waals surface area contributed by atoms with Crippen LogP contribution < -0.4 is 5.73 Å². The lowest BCUT2D eigenvalue weighted by Gasteiger charge is -2.10. The number of rotatable bonds is 5. The number of nitrogens with zero attached hydrogens (tertiary/aromatic N) is 1. The maximum absolute atomic E-state index is 13.0. The van der Waals surface area contributed by atoms with Gasteiger partial charge in [-0.05, 0) is 30.7 Å². The molecule has 0 aliphatic heterocycles. The van der Waals surface area contributed by atoms with Gasteiger partial charge < -0.3 is 5.73 Å². The molecule has 130 valence electrons. The van der Waals surface area contributed by atoms with Crippen LogP contribution in [0.1, 0.15) is 23.5 Å². The molecule has 2 N–H and O–H groups in total. The summed E-state index contributed by atoms with van der Waals surface area (Å²) in [7, 11) is -3.55. The van der Waals surface area contributed by atoms with E-state index in [9.17, 15) is 8.42 Å². The average molecular weight is 393 g/mol. The molecular weight excluding hydrogens is 376 g/mol. The van der Waals surface area contributed by atoms with Crippen LogP contribution in [-0.4, -0.2) is 13.4 Å². The second kappa shape index (κ2) is 7.25. The summed E-state index contributed by atoms with van der Waals surface area (Å²) in [6.45, 7) is 1.84. The summed E-state index contributed by atoms with van der Waals surface area (Å²) in [5, 5.41) is 3.02. The molecule has 2 aromatic carbocycles. The lowest BCUT2D eigenvalue weighted by atomic mass is 10.2. The van der Waals surface area contributed by atoms with Crippen LogP contribution in [0.3, 0.4) is 0 Å². The van der Waals surface area contributed by atoms with Gasteiger partial charge in [-0.2, -0.15) is 0 Å². The van der Waals surface area contributed by atoms with E-state index in [2.05, 4.69) is 4.98 Å². The third kappa shape index (κ3) is 4.10. The molecule has 0 saturated carbocycles. The minimum atomic E-state index is -3.55. The van der Waals surface area contributed by atoms with Gasteiger partial charge in [-0.15, -0.1) is 11.3 Å². The number of benzene rings is 2. The molecule has 7 heteroatoms. The van der Waals surface area contributed by atoms with Gasteiger partial charge in [-0.25, -0.2) is 13.4 Å². The van der Waals surface area contributed by atoms with E-state index in [0.717, 1.165) is 10.6 Å². The lowest BCUT2D eigenvalue weighted by Crippen LogP contribution is -2.07. The summed E-state index contributed by atoms with van der Waals surface area (Å²) in [5.41, 5.74) is 7.68. The van der Waals surface area contributed by atoms with Crippen LogP contribution in [0.15, 0.2) is 58.8 Å². The zero-order chi connectivity index (χ0) is 18.0. The van der Waals surface area contributed by atoms with Crippen molar-refractivity contribution in [2.45, 2.75) is 23.6 Å². The molecule has 1 heterocycles. The number of nitrogens with two attached hydrogens (primary N) is 1. The predicted molar refractivity (Wildman–Crippen MR) is 102 cm³/mol. The number of aromatic nitrogens is 1. The molecule has 0 amide bonds. The summed E-state index contributed by atoms with van der Waals surface area (Å²) < 4.78 is 25.9. The van der Waals surface area contributed by atoms with Gasteiger partial charge in [0.1, 0.15) is 5.01 Å². The molecule has 1 unspecified atom stereocenters. The zero-order valence-electron chi connectivity index (χ0n) is 13.5. The van der Waals surface area contributed by atoms with Crippen LogP contribution in [0.4, 0.5) is 0 Å². The van der Waals surface area contributed by atoms with Crippen molar-refractivity contribution in [3.8, 4) is 11.3 Å². The van der Waals surface area contributed by atoms with Crippen molar-refractivity contribution in [3.63, 3.8) is 0 Å². The summed E-state index contributed by atoms with van der Waals surface area (Å²) in [5.74, 6) is -0.0766. The molecule has 0 aliphatic carbocycles. The highest BCUT2D eigenvalue weighted by Gasteiger charge is 2.22. The fourth-order valence-corrected chi connectivity index (χ4v) is 4.98. The molecule has 25 heavy (non-hydrogen) atoms. The lowest BCUT2D eigenvalue weighted by molar-refractivity contribution is 0.595. The van der Waals surface area contributed by atoms with Gasteiger partial charge in [0.25, 0.3) is 0 Å². The van der Waals surface area contributed by atoms with Crippen molar-refractivity contribution in [3.05, 3.63) is 69.5 Å². The van der Waals surface area contributed by atoms with Gasteiger partial charge in [0, 0.05) is 16.0 Å². The fourth-order valence-electron chi connectivity index (χ4n) is 2.47. The van der Waals surface area contributed by atoms with Crippen molar-refractivity contribution in [1.29, 1.82) is 0 Å². The maximum atomic E-state index is 13.0. The van der Waals surface area contributed by atoms with Crippen LogP contribution >= 0.6 is 22.9 Å². The van der Waals surface area contributed by atoms with Gasteiger partial charge in [0.15, 0.2) is 9.84 Å². The van der Waals surface area contributed by atoms with E-state index in [0.29, 0.717) is 16.3 Å². The van der Waals surface area contributed by atoms with E-state index >= 15 is 0 Å². The minimum Gasteiger partial charge on any atom is -0.322 e. The summed E-state index contributed by atoms with van der Waals surface area (Å²) in [6, 6.07) is 13.7. The van der Waals surface area contributed by atoms with Crippen LogP contribution in [0.5, 0.6) is 0 Å². The van der Waals surface area contributed by atoms with Gasteiger partial charge in [0.2, 0.25) is 0 Å². The molecule has 0 aliphatic rings. The Morgan fingerprint density at radius 3 is 2.56 bits per heavy atom. The van der Waals surface area contributed by atoms with E-state index < -0.39 is 9.84 Å². The first-order valence-electron chi connectivity index (χ1n) is 7.64. The quantitative estimate of drug-likeness (QED) is 0.695. The molecular formula is C18H17ClN2O2S2. The number of thiazole rings is 1. The minimum absolute atomic E-state index is 0.0766. The molecule has 1 atom stereocenters. The van der Waals surface area contributed by atoms with E-state index in [4.69, 9.17) is 17.3 Å². The van der Waals surface area contributed by atoms with Gasteiger partial charge in [-0.1, -0.05) is 41.9 Å². The summed E-state index contributed by atoms with van der Waals surface area (Å²) in [4.78, 5) is 4.70. The Kier molecular flexibility index (Phi) is 5.24. The normalized spacial score (nSPS) is 12.9. The van der Waals surface area contributed by atoms with E-state index in [-0.39, 0.29) is 16.7 Å². The van der Waals surface area contributed by atoms with Crippen molar-refractivity contribution in [2.75, 3.05) is 0 Å². The Labute approximate surface area is 156 Å². The monoisotopic (exact) mass is 392 g/mol. The highest BCUT2D eigenvalue weighted by atomic mass is 35.5. The molecule has 0 bridgehead atoms. The van der Waals surface area contributed by atoms with Crippen molar-refractivity contribution in [1.82, 2.24) is 4.98 Å². The van der Waals surface area contributed by atoms with Crippen LogP contribution in [0.2, 0.25) is 5.02 Å². The predicted octanol–water partition coefficient (Wildman–Crippen LogP) is 4.46. The van der Waals surface area contributed by atoms with Gasteiger partial charge in [0.05, 0.1) is 22.4 Å². The third-order valence-electron chi connectivity index (χ3n) is 3.66. The second-order valence-corrected chi connectivity index (χ2v) is 9.03. The van der Waals surface area contributed by atoms with Crippen molar-refractivity contribution >= 4 is 32.8 Å². The Morgan fingerprint density at radius 2 is 1.92 bits per heavy atom. The largest absolute Gasteiger partial charge is 0.322 e. The van der Waals surface area contributed by atoms with E-state index in [1.54, 1.807) is 30.3 Å². The standard InChI is InChI=1S/C18H17ClN2O2S2/c1-12(20)18-21-16(10-24-18)15-9-14(19)7-8-17(15)25(22,23)11-13-5-3-2-4-6-13/h2-10,12H,11,20H2,1H3. The van der Waals surface area contributed by atoms with Crippen molar-refractivity contribution < 1.29 is 8.42 Å². The van der Waals surface area contributed by atoms with Crippen LogP contribution in [-0.2, 0) is 15.6 Å². The highest BCUT2D eigenvalue weighted by molar-refractivity contribution is 7.90. The smallest absolute Gasteiger partial charge is 0.183 e. The van der Waals surface area contributed by atoms with E-state index in [1.165, 1.54) is 11.3 Å². The fraction of sp³-hybridized carbons (Fsp3) is 0.167. The molecule has 3 aromatic rings. The number of sulfone groups is 1. The highest BCUT2D eigenvalue weighted by Crippen LogP contribution is 2.33. The van der Waals surface area contributed by atoms with E-state index in [1.807, 2.05) is 30.5 Å². The molecule has 4 nitrogen and oxygen atoms in total. The SMILES string of the molecule is CC(N)c1nc(-c2cc(Cl)ccc2S(=O)(=O)Cc2ccccc2)cs1. The Morgan fingerprint density at radius 1 is 1.20 bits per heavy atom. The average Bonchev–Trinajstić information content (AvgIpc) is 3.05. The maximum Gasteiger partial charge on any atom is 0.183 e. The Hall–Kier alpha value is -1.73. The topological polar surface area (TPSA) is 73.0 Å². The number of halogens is 1. The molecule has 1 aromatic heterocycles. The second-order valence-electron chi connectivity index (χ2n) is 5.74. The molecule has 0 fully saturated rings. The molecule has 3 rings (SSSR count). The molecule has 0 saturated heterocycles. The van der Waals surface area contributed by atoms with Crippen LogP contribution in [0, 0.1) is 0 Å². The summed E-state index contributed by atoms with van der Waals surface area (Å²) in [6.07, 6.45) is 0. The zero-order valence-corrected chi connectivity index (χ0v) is 15.9. The summed E-state index contributed by atoms with van der Waals surface area (Å²) >= 11 is 7.51.